The molecule has 2 aliphatic rings. The van der Waals surface area contributed by atoms with E-state index in [0.29, 0.717) is 5.82 Å². The average molecular weight is 915 g/mol. The standard InChI is InChI=1S/C70H46N2/c1-6-22-47(23-7-1)66-46-67(49-39-41-60-58-35-19-21-37-63(58)70(65(60)45-49,52-28-12-4-13-29-52)53-30-14-5-15-31-53)72-68(71-66)61-43-42-54(55-32-16-17-33-56(55)61)48-38-40-59-57-34-18-20-36-62(57)69(64(59)44-48,50-24-8-2-9-25-50)51-26-10-3-11-27-51/h1-46H. The zero-order chi connectivity index (χ0) is 47.6. The Labute approximate surface area is 420 Å². The van der Waals surface area contributed by atoms with Crippen LogP contribution in [-0.4, -0.2) is 9.97 Å². The van der Waals surface area contributed by atoms with Crippen LogP contribution in [0.4, 0.5) is 0 Å². The van der Waals surface area contributed by atoms with Crippen molar-refractivity contribution in [3.05, 3.63) is 324 Å². The van der Waals surface area contributed by atoms with Crippen LogP contribution in [0.1, 0.15) is 44.5 Å². The smallest absolute Gasteiger partial charge is 0.161 e. The number of hydrogen-bond donors (Lipinski definition) is 0. The number of aromatic nitrogens is 2. The summed E-state index contributed by atoms with van der Waals surface area (Å²) in [7, 11) is 0. The number of fused-ring (bicyclic) bond motifs is 7. The van der Waals surface area contributed by atoms with Crippen LogP contribution in [0.25, 0.3) is 78.1 Å². The first kappa shape index (κ1) is 41.7. The number of benzene rings is 11. The van der Waals surface area contributed by atoms with E-state index in [0.717, 1.165) is 38.9 Å². The minimum atomic E-state index is -0.531. The molecule has 0 unspecified atom stereocenters. The molecule has 0 saturated carbocycles. The fraction of sp³-hybridized carbons (Fsp3) is 0.0286. The summed E-state index contributed by atoms with van der Waals surface area (Å²) in [5.74, 6) is 0.687. The molecule has 0 amide bonds. The second-order valence-corrected chi connectivity index (χ2v) is 19.1. The van der Waals surface area contributed by atoms with Crippen molar-refractivity contribution in [2.45, 2.75) is 10.8 Å². The third-order valence-electron chi connectivity index (χ3n) is 15.5. The Balaban J connectivity index is 0.956. The number of hydrogen-bond acceptors (Lipinski definition) is 2. The van der Waals surface area contributed by atoms with Gasteiger partial charge >= 0.3 is 0 Å². The summed E-state index contributed by atoms with van der Waals surface area (Å²) in [6.07, 6.45) is 0. The van der Waals surface area contributed by atoms with E-state index < -0.39 is 10.8 Å². The fourth-order valence-electron chi connectivity index (χ4n) is 12.4. The third kappa shape index (κ3) is 6.22. The van der Waals surface area contributed by atoms with Crippen LogP contribution in [0.3, 0.4) is 0 Å². The molecule has 2 nitrogen and oxygen atoms in total. The van der Waals surface area contributed by atoms with Crippen LogP contribution in [0.15, 0.2) is 279 Å². The summed E-state index contributed by atoms with van der Waals surface area (Å²) in [4.78, 5) is 11.0. The molecule has 0 radical (unpaired) electrons. The van der Waals surface area contributed by atoms with Gasteiger partial charge in [0.15, 0.2) is 5.82 Å². The second kappa shape index (κ2) is 16.7. The topological polar surface area (TPSA) is 25.8 Å². The second-order valence-electron chi connectivity index (χ2n) is 19.1. The molecule has 0 fully saturated rings. The molecule has 2 aliphatic carbocycles. The quantitative estimate of drug-likeness (QED) is 0.152. The lowest BCUT2D eigenvalue weighted by molar-refractivity contribution is 0.768. The summed E-state index contributed by atoms with van der Waals surface area (Å²) < 4.78 is 0. The lowest BCUT2D eigenvalue weighted by Crippen LogP contribution is -2.28. The molecule has 0 aliphatic heterocycles. The zero-order valence-corrected chi connectivity index (χ0v) is 39.5. The van der Waals surface area contributed by atoms with E-state index in [1.165, 1.54) is 77.9 Å². The molecule has 336 valence electrons. The van der Waals surface area contributed by atoms with Gasteiger partial charge < -0.3 is 0 Å². The van der Waals surface area contributed by atoms with Crippen LogP contribution in [0.2, 0.25) is 0 Å². The molecule has 0 spiro atoms. The van der Waals surface area contributed by atoms with Crippen molar-refractivity contribution < 1.29 is 0 Å². The summed E-state index contributed by atoms with van der Waals surface area (Å²) in [6.45, 7) is 0. The molecule has 0 atom stereocenters. The molecule has 0 saturated heterocycles. The van der Waals surface area contributed by atoms with Crippen molar-refractivity contribution in [1.29, 1.82) is 0 Å². The highest BCUT2D eigenvalue weighted by Crippen LogP contribution is 2.58. The summed E-state index contributed by atoms with van der Waals surface area (Å²) in [5.41, 5.74) is 21.3. The number of nitrogens with zero attached hydrogens (tertiary/aromatic N) is 2. The third-order valence-corrected chi connectivity index (χ3v) is 15.5. The lowest BCUT2D eigenvalue weighted by atomic mass is 9.67. The van der Waals surface area contributed by atoms with Gasteiger partial charge in [-0.05, 0) is 113 Å². The maximum absolute atomic E-state index is 5.57. The lowest BCUT2D eigenvalue weighted by Gasteiger charge is -2.34. The van der Waals surface area contributed by atoms with E-state index >= 15 is 0 Å². The van der Waals surface area contributed by atoms with E-state index in [2.05, 4.69) is 279 Å². The molecule has 1 aromatic heterocycles. The van der Waals surface area contributed by atoms with Crippen molar-refractivity contribution in [3.8, 4) is 67.3 Å². The Kier molecular flexibility index (Phi) is 9.69. The molecule has 14 rings (SSSR count). The Morgan fingerprint density at radius 1 is 0.222 bits per heavy atom. The Bertz CT molecular complexity index is 3940. The van der Waals surface area contributed by atoms with Gasteiger partial charge in [0.25, 0.3) is 0 Å². The van der Waals surface area contributed by atoms with Gasteiger partial charge in [-0.2, -0.15) is 0 Å². The molecule has 2 heteroatoms. The molecule has 0 N–H and O–H groups in total. The first-order valence-electron chi connectivity index (χ1n) is 24.9. The highest BCUT2D eigenvalue weighted by molar-refractivity contribution is 6.05. The van der Waals surface area contributed by atoms with E-state index in [9.17, 15) is 0 Å². The van der Waals surface area contributed by atoms with Crippen LogP contribution in [-0.2, 0) is 10.8 Å². The molecule has 1 heterocycles. The Morgan fingerprint density at radius 3 is 1.07 bits per heavy atom. The Hall–Kier alpha value is -9.24. The van der Waals surface area contributed by atoms with Gasteiger partial charge in [-0.3, -0.25) is 0 Å². The minimum Gasteiger partial charge on any atom is -0.228 e. The van der Waals surface area contributed by atoms with Gasteiger partial charge in [-0.15, -0.1) is 0 Å². The van der Waals surface area contributed by atoms with Crippen LogP contribution >= 0.6 is 0 Å². The highest BCUT2D eigenvalue weighted by atomic mass is 14.9. The largest absolute Gasteiger partial charge is 0.228 e. The minimum absolute atomic E-state index is 0.496. The predicted molar refractivity (Wildman–Crippen MR) is 296 cm³/mol. The fourth-order valence-corrected chi connectivity index (χ4v) is 12.4. The van der Waals surface area contributed by atoms with Crippen LogP contribution in [0, 0.1) is 0 Å². The highest BCUT2D eigenvalue weighted by Gasteiger charge is 2.47. The van der Waals surface area contributed by atoms with E-state index in [4.69, 9.17) is 9.97 Å². The van der Waals surface area contributed by atoms with Gasteiger partial charge in [-0.25, -0.2) is 9.97 Å². The maximum Gasteiger partial charge on any atom is 0.161 e. The SMILES string of the molecule is c1ccc(-c2cc(-c3ccc4c(c3)C(c3ccccc3)(c3ccccc3)c3ccccc3-4)nc(-c3ccc(-c4ccc5c(c4)C(c4ccccc4)(c4ccccc4)c4ccccc4-5)c4ccccc34)n2)cc1. The zero-order valence-electron chi connectivity index (χ0n) is 39.5. The van der Waals surface area contributed by atoms with Crippen LogP contribution < -0.4 is 0 Å². The summed E-state index contributed by atoms with van der Waals surface area (Å²) in [5, 5.41) is 2.25. The maximum atomic E-state index is 5.57. The molecular formula is C70H46N2. The normalized spacial score (nSPS) is 13.5. The average Bonchev–Trinajstić information content (AvgIpc) is 3.94. The first-order chi connectivity index (χ1) is 35.7. The van der Waals surface area contributed by atoms with Crippen molar-refractivity contribution in [2.24, 2.45) is 0 Å². The van der Waals surface area contributed by atoms with Crippen molar-refractivity contribution in [3.63, 3.8) is 0 Å². The van der Waals surface area contributed by atoms with Gasteiger partial charge in [0.05, 0.1) is 22.2 Å². The molecular weight excluding hydrogens is 869 g/mol. The van der Waals surface area contributed by atoms with Gasteiger partial charge in [0.2, 0.25) is 0 Å². The molecule has 11 aromatic carbocycles. The predicted octanol–water partition coefficient (Wildman–Crippen LogP) is 17.0. The van der Waals surface area contributed by atoms with E-state index in [-0.39, 0.29) is 0 Å². The van der Waals surface area contributed by atoms with Gasteiger partial charge in [0.1, 0.15) is 0 Å². The molecule has 0 bridgehead atoms. The first-order valence-corrected chi connectivity index (χ1v) is 24.9. The van der Waals surface area contributed by atoms with Gasteiger partial charge in [-0.1, -0.05) is 255 Å². The van der Waals surface area contributed by atoms with Crippen LogP contribution in [0.5, 0.6) is 0 Å². The summed E-state index contributed by atoms with van der Waals surface area (Å²) in [6, 6.07) is 102. The van der Waals surface area contributed by atoms with E-state index in [1.54, 1.807) is 0 Å². The molecule has 12 aromatic rings. The summed E-state index contributed by atoms with van der Waals surface area (Å²) >= 11 is 0. The monoisotopic (exact) mass is 914 g/mol. The Morgan fingerprint density at radius 2 is 0.569 bits per heavy atom. The number of rotatable bonds is 8. The van der Waals surface area contributed by atoms with Crippen molar-refractivity contribution in [1.82, 2.24) is 9.97 Å². The molecule has 72 heavy (non-hydrogen) atoms. The van der Waals surface area contributed by atoms with Crippen molar-refractivity contribution >= 4 is 10.8 Å². The van der Waals surface area contributed by atoms with Gasteiger partial charge in [0, 0.05) is 16.7 Å². The van der Waals surface area contributed by atoms with E-state index in [1.807, 2.05) is 0 Å². The van der Waals surface area contributed by atoms with Crippen molar-refractivity contribution in [2.75, 3.05) is 0 Å².